The second-order valence-corrected chi connectivity index (χ2v) is 7.96. The molecule has 146 valence electrons. The number of fused-ring (bicyclic) bond motifs is 2. The first-order valence-corrected chi connectivity index (χ1v) is 9.97. The van der Waals surface area contributed by atoms with Crippen molar-refractivity contribution < 1.29 is 4.74 Å². The summed E-state index contributed by atoms with van der Waals surface area (Å²) in [6, 6.07) is 11.2. The van der Waals surface area contributed by atoms with Crippen LogP contribution in [-0.4, -0.2) is 58.5 Å². The van der Waals surface area contributed by atoms with Crippen molar-refractivity contribution >= 4 is 11.3 Å². The molecule has 0 saturated carbocycles. The van der Waals surface area contributed by atoms with E-state index in [4.69, 9.17) is 4.74 Å². The van der Waals surface area contributed by atoms with Crippen molar-refractivity contribution in [2.75, 3.05) is 38.7 Å². The summed E-state index contributed by atoms with van der Waals surface area (Å²) < 4.78 is 7.15. The van der Waals surface area contributed by atoms with Gasteiger partial charge in [0, 0.05) is 31.6 Å². The van der Waals surface area contributed by atoms with Crippen LogP contribution in [0.3, 0.4) is 0 Å². The fourth-order valence-corrected chi connectivity index (χ4v) is 5.02. The molecule has 2 aliphatic rings. The summed E-state index contributed by atoms with van der Waals surface area (Å²) in [5.74, 6) is 2.16. The highest BCUT2D eigenvalue weighted by molar-refractivity contribution is 5.69. The number of hydrogen-bond acceptors (Lipinski definition) is 6. The van der Waals surface area contributed by atoms with Gasteiger partial charge in [0.05, 0.1) is 18.5 Å². The van der Waals surface area contributed by atoms with E-state index < -0.39 is 0 Å². The van der Waals surface area contributed by atoms with E-state index in [9.17, 15) is 0 Å². The fourth-order valence-electron chi connectivity index (χ4n) is 5.02. The summed E-state index contributed by atoms with van der Waals surface area (Å²) in [6.07, 6.45) is 2.60. The van der Waals surface area contributed by atoms with E-state index >= 15 is 0 Å². The third kappa shape index (κ3) is 2.73. The molecule has 2 saturated heterocycles. The Hall–Kier alpha value is -2.67. The van der Waals surface area contributed by atoms with Crippen molar-refractivity contribution in [3.05, 3.63) is 47.9 Å². The summed E-state index contributed by atoms with van der Waals surface area (Å²) in [5, 5.41) is 13.0. The quantitative estimate of drug-likeness (QED) is 0.695. The molecule has 2 aliphatic heterocycles. The molecule has 7 nitrogen and oxygen atoms in total. The maximum absolute atomic E-state index is 5.33. The number of benzene rings is 1. The lowest BCUT2D eigenvalue weighted by Gasteiger charge is -2.28. The average molecular weight is 378 g/mol. The lowest BCUT2D eigenvalue weighted by Crippen LogP contribution is -2.29. The Morgan fingerprint density at radius 2 is 1.96 bits per heavy atom. The number of anilines is 1. The van der Waals surface area contributed by atoms with Gasteiger partial charge in [0.25, 0.3) is 0 Å². The molecule has 4 heterocycles. The van der Waals surface area contributed by atoms with E-state index in [0.29, 0.717) is 17.9 Å². The van der Waals surface area contributed by atoms with Crippen LogP contribution >= 0.6 is 0 Å². The predicted molar refractivity (Wildman–Crippen MR) is 108 cm³/mol. The summed E-state index contributed by atoms with van der Waals surface area (Å²) in [7, 11) is 3.96. The second kappa shape index (κ2) is 6.74. The Morgan fingerprint density at radius 3 is 2.71 bits per heavy atom. The number of methoxy groups -OCH3 is 1. The zero-order valence-electron chi connectivity index (χ0n) is 16.6. The van der Waals surface area contributed by atoms with Crippen molar-refractivity contribution in [2.24, 2.45) is 11.8 Å². The molecule has 2 fully saturated rings. The van der Waals surface area contributed by atoms with Crippen LogP contribution in [0.15, 0.2) is 36.7 Å². The summed E-state index contributed by atoms with van der Waals surface area (Å²) in [6.45, 7) is 5.33. The van der Waals surface area contributed by atoms with Gasteiger partial charge < -0.3 is 9.64 Å². The molecule has 0 spiro atoms. The lowest BCUT2D eigenvalue weighted by molar-refractivity contribution is 0.279. The smallest absolute Gasteiger partial charge is 0.200 e. The number of likely N-dealkylation sites (tertiary alicyclic amines) is 1. The maximum atomic E-state index is 5.33. The van der Waals surface area contributed by atoms with Crippen molar-refractivity contribution in [1.82, 2.24) is 24.7 Å². The third-order valence-electron chi connectivity index (χ3n) is 6.35. The molecule has 0 bridgehead atoms. The molecule has 5 rings (SSSR count). The highest BCUT2D eigenvalue weighted by atomic mass is 16.5. The normalized spacial score (nSPS) is 24.8. The third-order valence-corrected chi connectivity index (χ3v) is 6.35. The molecular weight excluding hydrogens is 352 g/mol. The SMILES string of the molecule is CCc1cc(N2C[C@@H]3CN(C)[C@H](c4ccc(OC)cc4)[C@@H]3C2)c2nncn2n1. The number of ether oxygens (including phenoxy) is 1. The van der Waals surface area contributed by atoms with Crippen molar-refractivity contribution in [2.45, 2.75) is 19.4 Å². The van der Waals surface area contributed by atoms with Gasteiger partial charge >= 0.3 is 0 Å². The molecule has 3 atom stereocenters. The highest BCUT2D eigenvalue weighted by Crippen LogP contribution is 2.45. The Labute approximate surface area is 164 Å². The Morgan fingerprint density at radius 1 is 1.14 bits per heavy atom. The molecule has 3 aromatic rings. The van der Waals surface area contributed by atoms with Crippen LogP contribution in [0.1, 0.15) is 24.2 Å². The molecule has 0 amide bonds. The number of rotatable bonds is 4. The van der Waals surface area contributed by atoms with E-state index in [1.54, 1.807) is 13.4 Å². The van der Waals surface area contributed by atoms with Gasteiger partial charge in [-0.15, -0.1) is 10.2 Å². The molecule has 7 heteroatoms. The van der Waals surface area contributed by atoms with Crippen molar-refractivity contribution in [3.63, 3.8) is 0 Å². The van der Waals surface area contributed by atoms with E-state index in [1.807, 2.05) is 4.52 Å². The minimum atomic E-state index is 0.433. The number of hydrogen-bond donors (Lipinski definition) is 0. The Balaban J connectivity index is 1.46. The van der Waals surface area contributed by atoms with Crippen LogP contribution in [0.5, 0.6) is 5.75 Å². The first-order valence-electron chi connectivity index (χ1n) is 9.97. The molecule has 0 aliphatic carbocycles. The number of aromatic nitrogens is 4. The molecule has 0 N–H and O–H groups in total. The van der Waals surface area contributed by atoms with Gasteiger partial charge in [-0.3, -0.25) is 4.90 Å². The fraction of sp³-hybridized carbons (Fsp3) is 0.476. The van der Waals surface area contributed by atoms with Crippen molar-refractivity contribution in [1.29, 1.82) is 0 Å². The number of aryl methyl sites for hydroxylation is 1. The van der Waals surface area contributed by atoms with E-state index in [1.165, 1.54) is 5.56 Å². The molecule has 2 aromatic heterocycles. The zero-order valence-corrected chi connectivity index (χ0v) is 16.6. The van der Waals surface area contributed by atoms with Crippen LogP contribution in [0.25, 0.3) is 5.65 Å². The Kier molecular flexibility index (Phi) is 4.19. The molecule has 28 heavy (non-hydrogen) atoms. The first-order chi connectivity index (χ1) is 13.7. The predicted octanol–water partition coefficient (Wildman–Crippen LogP) is 2.43. The Bertz CT molecular complexity index is 984. The maximum Gasteiger partial charge on any atom is 0.200 e. The molecule has 1 aromatic carbocycles. The number of nitrogens with zero attached hydrogens (tertiary/aromatic N) is 6. The van der Waals surface area contributed by atoms with E-state index in [2.05, 4.69) is 69.4 Å². The monoisotopic (exact) mass is 378 g/mol. The van der Waals surface area contributed by atoms with Gasteiger partial charge in [0.2, 0.25) is 5.65 Å². The topological polar surface area (TPSA) is 58.8 Å². The minimum Gasteiger partial charge on any atom is -0.497 e. The van der Waals surface area contributed by atoms with Gasteiger partial charge in [-0.1, -0.05) is 19.1 Å². The van der Waals surface area contributed by atoms with Gasteiger partial charge in [-0.05, 0) is 43.1 Å². The standard InChI is InChI=1S/C21H26N6O/c1-4-16-9-19(21-23-22-13-27(21)24-16)26-11-15-10-25(2)20(18(15)12-26)14-5-7-17(28-3)8-6-14/h5-9,13,15,18,20H,4,10-12H2,1-3H3/t15-,18+,20+/m0/s1. The summed E-state index contributed by atoms with van der Waals surface area (Å²) >= 11 is 0. The van der Waals surface area contributed by atoms with Gasteiger partial charge in [-0.25, -0.2) is 0 Å². The molecular formula is C21H26N6O. The van der Waals surface area contributed by atoms with Gasteiger partial charge in [0.15, 0.2) is 0 Å². The van der Waals surface area contributed by atoms with Gasteiger partial charge in [0.1, 0.15) is 12.1 Å². The second-order valence-electron chi connectivity index (χ2n) is 7.96. The zero-order chi connectivity index (χ0) is 19.3. The van der Waals surface area contributed by atoms with Crippen LogP contribution in [0.4, 0.5) is 5.69 Å². The summed E-state index contributed by atoms with van der Waals surface area (Å²) in [5.41, 5.74) is 4.46. The van der Waals surface area contributed by atoms with Gasteiger partial charge in [-0.2, -0.15) is 9.61 Å². The molecule has 0 radical (unpaired) electrons. The largest absolute Gasteiger partial charge is 0.497 e. The first kappa shape index (κ1) is 17.4. The van der Waals surface area contributed by atoms with Crippen LogP contribution in [0.2, 0.25) is 0 Å². The lowest BCUT2D eigenvalue weighted by atomic mass is 9.89. The van der Waals surface area contributed by atoms with Crippen molar-refractivity contribution in [3.8, 4) is 5.75 Å². The summed E-state index contributed by atoms with van der Waals surface area (Å²) in [4.78, 5) is 4.99. The van der Waals surface area contributed by atoms with Crippen LogP contribution < -0.4 is 9.64 Å². The minimum absolute atomic E-state index is 0.433. The van der Waals surface area contributed by atoms with Crippen LogP contribution in [-0.2, 0) is 6.42 Å². The molecule has 0 unspecified atom stereocenters. The van der Waals surface area contributed by atoms with E-state index in [0.717, 1.165) is 48.8 Å². The highest BCUT2D eigenvalue weighted by Gasteiger charge is 2.46. The average Bonchev–Trinajstić information content (AvgIpc) is 3.41. The van der Waals surface area contributed by atoms with Crippen LogP contribution in [0, 0.1) is 11.8 Å². The van der Waals surface area contributed by atoms with E-state index in [-0.39, 0.29) is 0 Å².